The van der Waals surface area contributed by atoms with Gasteiger partial charge in [-0.2, -0.15) is 0 Å². The molecule has 0 saturated heterocycles. The molecule has 0 spiro atoms. The van der Waals surface area contributed by atoms with Gasteiger partial charge in [-0.3, -0.25) is 0 Å². The molecule has 0 aromatic carbocycles. The van der Waals surface area contributed by atoms with Crippen LogP contribution in [0.25, 0.3) is 0 Å². The molecule has 0 aliphatic heterocycles. The molecule has 1 nitrogen and oxygen atoms in total. The highest BCUT2D eigenvalue weighted by molar-refractivity contribution is 6.58. The Hall–Kier alpha value is -0.185. The summed E-state index contributed by atoms with van der Waals surface area (Å²) in [5.74, 6) is 0. The maximum atomic E-state index is 11.5. The van der Waals surface area contributed by atoms with Gasteiger partial charge in [0, 0.05) is 0 Å². The van der Waals surface area contributed by atoms with Gasteiger partial charge in [0.2, 0.25) is 0 Å². The van der Waals surface area contributed by atoms with Gasteiger partial charge in [-0.1, -0.05) is 13.3 Å². The van der Waals surface area contributed by atoms with Gasteiger partial charge in [0.25, 0.3) is 0 Å². The van der Waals surface area contributed by atoms with E-state index in [2.05, 4.69) is 5.32 Å². The molecule has 0 aliphatic rings. The monoisotopic (exact) mass is 154 g/mol. The molecule has 0 atom stereocenters. The van der Waals surface area contributed by atoms with Crippen molar-refractivity contribution in [2.24, 2.45) is 0 Å². The molecular weight excluding hydrogens is 142 g/mol. The minimum atomic E-state index is -4.63. The summed E-state index contributed by atoms with van der Waals surface area (Å²) in [6, 6.07) is 0. The van der Waals surface area contributed by atoms with E-state index >= 15 is 0 Å². The van der Waals surface area contributed by atoms with E-state index in [1.165, 1.54) is 0 Å². The Morgan fingerprint density at radius 2 is 1.90 bits per heavy atom. The maximum Gasteiger partial charge on any atom is 0.491 e. The SMILES string of the molecule is CCCCNC[B-](F)(F)F. The average Bonchev–Trinajstić information content (AvgIpc) is 1.78. The molecule has 5 heteroatoms. The smallest absolute Gasteiger partial charge is 0.448 e. The first-order chi connectivity index (χ1) is 4.56. The first-order valence-electron chi connectivity index (χ1n) is 3.48. The van der Waals surface area contributed by atoms with Gasteiger partial charge >= 0.3 is 6.98 Å². The zero-order valence-corrected chi connectivity index (χ0v) is 6.04. The van der Waals surface area contributed by atoms with Crippen molar-refractivity contribution in [2.45, 2.75) is 19.8 Å². The first-order valence-corrected chi connectivity index (χ1v) is 3.48. The van der Waals surface area contributed by atoms with E-state index in [-0.39, 0.29) is 0 Å². The van der Waals surface area contributed by atoms with E-state index in [9.17, 15) is 12.9 Å². The standard InChI is InChI=1S/C5H12BF3N/c1-2-3-4-10-5-6(7,8)9/h10H,2-5H2,1H3/q-1. The van der Waals surface area contributed by atoms with Crippen LogP contribution in [0.15, 0.2) is 0 Å². The highest BCUT2D eigenvalue weighted by Crippen LogP contribution is 2.04. The summed E-state index contributed by atoms with van der Waals surface area (Å²) in [7, 11) is 0. The van der Waals surface area contributed by atoms with E-state index in [1.54, 1.807) is 0 Å². The van der Waals surface area contributed by atoms with Crippen molar-refractivity contribution in [3.63, 3.8) is 0 Å². The third kappa shape index (κ3) is 7.81. The molecule has 0 fully saturated rings. The van der Waals surface area contributed by atoms with Gasteiger partial charge in [-0.25, -0.2) is 0 Å². The zero-order chi connectivity index (χ0) is 8.04. The summed E-state index contributed by atoms with van der Waals surface area (Å²) >= 11 is 0. The molecular formula is C5H12BF3N-. The number of hydrogen-bond acceptors (Lipinski definition) is 1. The lowest BCUT2D eigenvalue weighted by atomic mass is 9.92. The van der Waals surface area contributed by atoms with Gasteiger partial charge < -0.3 is 18.3 Å². The molecule has 0 heterocycles. The summed E-state index contributed by atoms with van der Waals surface area (Å²) in [6.45, 7) is -2.21. The number of rotatable bonds is 5. The predicted octanol–water partition coefficient (Wildman–Crippen LogP) is 1.76. The molecule has 0 unspecified atom stereocenters. The molecule has 0 aliphatic carbocycles. The molecule has 0 saturated carbocycles. The largest absolute Gasteiger partial charge is 0.491 e. The van der Waals surface area contributed by atoms with Crippen LogP contribution < -0.4 is 5.32 Å². The average molecular weight is 154 g/mol. The van der Waals surface area contributed by atoms with Gasteiger partial charge in [-0.15, -0.1) is 0 Å². The van der Waals surface area contributed by atoms with Crippen LogP contribution in [0.5, 0.6) is 0 Å². The normalized spacial score (nSPS) is 12.0. The Labute approximate surface area is 59.1 Å². The molecule has 0 bridgehead atoms. The Kier molecular flexibility index (Phi) is 4.52. The Morgan fingerprint density at radius 1 is 1.30 bits per heavy atom. The summed E-state index contributed by atoms with van der Waals surface area (Å²) < 4.78 is 34.4. The molecule has 0 radical (unpaired) electrons. The Bertz CT molecular complexity index is 83.5. The van der Waals surface area contributed by atoms with Gasteiger partial charge in [-0.05, 0) is 19.4 Å². The minimum absolute atomic E-state index is 0.470. The zero-order valence-electron chi connectivity index (χ0n) is 6.04. The molecule has 1 N–H and O–H groups in total. The summed E-state index contributed by atoms with van der Waals surface area (Å²) in [4.78, 5) is 0. The maximum absolute atomic E-state index is 11.5. The van der Waals surface area contributed by atoms with Crippen LogP contribution in [0.3, 0.4) is 0 Å². The molecule has 0 aromatic heterocycles. The fourth-order valence-corrected chi connectivity index (χ4v) is 0.568. The van der Waals surface area contributed by atoms with Crippen LogP contribution in [0.1, 0.15) is 19.8 Å². The van der Waals surface area contributed by atoms with Crippen molar-refractivity contribution in [2.75, 3.05) is 13.0 Å². The number of halogens is 3. The third-order valence-corrected chi connectivity index (χ3v) is 1.08. The lowest BCUT2D eigenvalue weighted by molar-refractivity contribution is 0.455. The van der Waals surface area contributed by atoms with Crippen LogP contribution in [0, 0.1) is 0 Å². The molecule has 0 amide bonds. The highest BCUT2D eigenvalue weighted by Gasteiger charge is 2.21. The van der Waals surface area contributed by atoms with Crippen LogP contribution in [0.4, 0.5) is 12.9 Å². The fourth-order valence-electron chi connectivity index (χ4n) is 0.568. The van der Waals surface area contributed by atoms with Crippen molar-refractivity contribution in [1.82, 2.24) is 5.32 Å². The second kappa shape index (κ2) is 4.60. The lowest BCUT2D eigenvalue weighted by Crippen LogP contribution is -2.34. The lowest BCUT2D eigenvalue weighted by Gasteiger charge is -2.13. The van der Waals surface area contributed by atoms with E-state index in [4.69, 9.17) is 0 Å². The van der Waals surface area contributed by atoms with Crippen LogP contribution in [0.2, 0.25) is 0 Å². The number of unbranched alkanes of at least 4 members (excludes halogenated alkanes) is 1. The van der Waals surface area contributed by atoms with Crippen molar-refractivity contribution >= 4 is 6.98 Å². The topological polar surface area (TPSA) is 12.0 Å². The van der Waals surface area contributed by atoms with Crippen LogP contribution in [-0.2, 0) is 0 Å². The fraction of sp³-hybridized carbons (Fsp3) is 1.00. The van der Waals surface area contributed by atoms with Gasteiger partial charge in [0.1, 0.15) is 0 Å². The quantitative estimate of drug-likeness (QED) is 0.469. The summed E-state index contributed by atoms with van der Waals surface area (Å²) in [5, 5.41) is 2.33. The summed E-state index contributed by atoms with van der Waals surface area (Å²) in [5.41, 5.74) is 0. The van der Waals surface area contributed by atoms with Gasteiger partial charge in [0.05, 0.1) is 0 Å². The molecule has 10 heavy (non-hydrogen) atoms. The van der Waals surface area contributed by atoms with Crippen molar-refractivity contribution in [1.29, 1.82) is 0 Å². The van der Waals surface area contributed by atoms with Crippen LogP contribution in [-0.4, -0.2) is 20.0 Å². The third-order valence-electron chi connectivity index (χ3n) is 1.08. The number of nitrogens with one attached hydrogen (secondary N) is 1. The summed E-state index contributed by atoms with van der Waals surface area (Å²) in [6.07, 6.45) is 0.935. The highest BCUT2D eigenvalue weighted by atomic mass is 19.4. The minimum Gasteiger partial charge on any atom is -0.448 e. The van der Waals surface area contributed by atoms with E-state index in [0.717, 1.165) is 12.8 Å². The molecule has 62 valence electrons. The van der Waals surface area contributed by atoms with E-state index < -0.39 is 13.4 Å². The second-order valence-corrected chi connectivity index (χ2v) is 2.27. The predicted molar refractivity (Wildman–Crippen MR) is 36.9 cm³/mol. The van der Waals surface area contributed by atoms with Gasteiger partial charge in [0.15, 0.2) is 0 Å². The number of hydrogen-bond donors (Lipinski definition) is 1. The Morgan fingerprint density at radius 3 is 2.30 bits per heavy atom. The van der Waals surface area contributed by atoms with Crippen LogP contribution >= 0.6 is 0 Å². The van der Waals surface area contributed by atoms with E-state index in [1.807, 2.05) is 6.92 Å². The van der Waals surface area contributed by atoms with Crippen molar-refractivity contribution < 1.29 is 12.9 Å². The second-order valence-electron chi connectivity index (χ2n) is 2.27. The first kappa shape index (κ1) is 9.81. The van der Waals surface area contributed by atoms with Crippen molar-refractivity contribution in [3.8, 4) is 0 Å². The van der Waals surface area contributed by atoms with Crippen molar-refractivity contribution in [3.05, 3.63) is 0 Å². The molecule has 0 aromatic rings. The van der Waals surface area contributed by atoms with E-state index in [0.29, 0.717) is 6.54 Å². The Balaban J connectivity index is 3.04. The molecule has 0 rings (SSSR count).